The molecular formula is C14H21N3O3. The van der Waals surface area contributed by atoms with Gasteiger partial charge in [-0.05, 0) is 37.7 Å². The summed E-state index contributed by atoms with van der Waals surface area (Å²) in [6, 6.07) is 2.82. The van der Waals surface area contributed by atoms with Crippen LogP contribution >= 0.6 is 0 Å². The zero-order valence-electron chi connectivity index (χ0n) is 11.7. The van der Waals surface area contributed by atoms with Crippen LogP contribution in [-0.2, 0) is 6.54 Å². The van der Waals surface area contributed by atoms with E-state index in [1.807, 2.05) is 6.92 Å². The molecule has 20 heavy (non-hydrogen) atoms. The van der Waals surface area contributed by atoms with Gasteiger partial charge in [-0.25, -0.2) is 4.68 Å². The van der Waals surface area contributed by atoms with Gasteiger partial charge in [-0.15, -0.1) is 0 Å². The van der Waals surface area contributed by atoms with Crippen LogP contribution in [0.2, 0.25) is 0 Å². The maximum atomic E-state index is 12.0. The second-order valence-corrected chi connectivity index (χ2v) is 5.32. The lowest BCUT2D eigenvalue weighted by atomic mass is 10.1. The number of aromatic nitrogens is 2. The van der Waals surface area contributed by atoms with E-state index in [1.165, 1.54) is 16.8 Å². The minimum absolute atomic E-state index is 0.192. The third-order valence-electron chi connectivity index (χ3n) is 3.60. The first-order chi connectivity index (χ1) is 9.60. The molecule has 1 saturated carbocycles. The highest BCUT2D eigenvalue weighted by molar-refractivity contribution is 5.91. The summed E-state index contributed by atoms with van der Waals surface area (Å²) in [6.07, 6.45) is 3.03. The molecule has 1 heterocycles. The molecule has 6 nitrogen and oxygen atoms in total. The Balaban J connectivity index is 1.95. The molecule has 6 heteroatoms. The molecule has 2 unspecified atom stereocenters. The number of nitrogens with one attached hydrogen (secondary N) is 1. The molecule has 1 aliphatic rings. The van der Waals surface area contributed by atoms with Crippen molar-refractivity contribution in [2.24, 2.45) is 5.92 Å². The van der Waals surface area contributed by atoms with E-state index in [-0.39, 0.29) is 23.3 Å². The standard InChI is InChI=1S/C14H21N3O3/c1-2-7-17-13(19)6-5-12(16-17)14(20)15-9-10-3-4-11(18)8-10/h5-6,10-11,18H,2-4,7-9H2,1H3,(H,15,20). The minimum atomic E-state index is -0.267. The van der Waals surface area contributed by atoms with Crippen LogP contribution in [0.1, 0.15) is 43.1 Å². The van der Waals surface area contributed by atoms with E-state index < -0.39 is 0 Å². The SMILES string of the molecule is CCCn1nc(C(=O)NCC2CCC(O)C2)ccc1=O. The fourth-order valence-electron chi connectivity index (χ4n) is 2.50. The van der Waals surface area contributed by atoms with E-state index in [2.05, 4.69) is 10.4 Å². The van der Waals surface area contributed by atoms with Gasteiger partial charge in [-0.2, -0.15) is 5.10 Å². The number of rotatable bonds is 5. The van der Waals surface area contributed by atoms with Crippen LogP contribution in [0, 0.1) is 5.92 Å². The molecule has 1 amide bonds. The van der Waals surface area contributed by atoms with Crippen molar-refractivity contribution in [1.82, 2.24) is 15.1 Å². The maximum Gasteiger partial charge on any atom is 0.271 e. The molecule has 0 bridgehead atoms. The van der Waals surface area contributed by atoms with Gasteiger partial charge in [0, 0.05) is 19.2 Å². The van der Waals surface area contributed by atoms with Gasteiger partial charge in [0.05, 0.1) is 6.10 Å². The molecule has 0 aromatic carbocycles. The van der Waals surface area contributed by atoms with Crippen LogP contribution in [0.25, 0.3) is 0 Å². The molecule has 0 radical (unpaired) electrons. The molecule has 0 saturated heterocycles. The average Bonchev–Trinajstić information content (AvgIpc) is 2.84. The summed E-state index contributed by atoms with van der Waals surface area (Å²) in [6.45, 7) is 3.01. The van der Waals surface area contributed by atoms with Gasteiger partial charge in [-0.1, -0.05) is 6.92 Å². The maximum absolute atomic E-state index is 12.0. The quantitative estimate of drug-likeness (QED) is 0.824. The first-order valence-electron chi connectivity index (χ1n) is 7.14. The lowest BCUT2D eigenvalue weighted by molar-refractivity contribution is 0.0937. The average molecular weight is 279 g/mol. The van der Waals surface area contributed by atoms with E-state index >= 15 is 0 Å². The van der Waals surface area contributed by atoms with Crippen molar-refractivity contribution in [3.05, 3.63) is 28.2 Å². The van der Waals surface area contributed by atoms with Crippen LogP contribution in [-0.4, -0.2) is 33.4 Å². The first-order valence-corrected chi connectivity index (χ1v) is 7.14. The van der Waals surface area contributed by atoms with Crippen molar-refractivity contribution < 1.29 is 9.90 Å². The van der Waals surface area contributed by atoms with Gasteiger partial charge in [-0.3, -0.25) is 9.59 Å². The number of carbonyl (C=O) groups excluding carboxylic acids is 1. The fourth-order valence-corrected chi connectivity index (χ4v) is 2.50. The molecule has 1 aliphatic carbocycles. The summed E-state index contributed by atoms with van der Waals surface area (Å²) in [5.41, 5.74) is 0.0684. The number of carbonyl (C=O) groups is 1. The highest BCUT2D eigenvalue weighted by Crippen LogP contribution is 2.24. The van der Waals surface area contributed by atoms with E-state index in [0.29, 0.717) is 19.0 Å². The molecule has 1 fully saturated rings. The van der Waals surface area contributed by atoms with Gasteiger partial charge in [0.2, 0.25) is 0 Å². The van der Waals surface area contributed by atoms with E-state index in [9.17, 15) is 14.7 Å². The Bertz CT molecular complexity index is 527. The molecular weight excluding hydrogens is 258 g/mol. The Morgan fingerprint density at radius 2 is 2.30 bits per heavy atom. The molecule has 0 spiro atoms. The highest BCUT2D eigenvalue weighted by atomic mass is 16.3. The summed E-state index contributed by atoms with van der Waals surface area (Å²) in [7, 11) is 0. The van der Waals surface area contributed by atoms with Crippen molar-refractivity contribution >= 4 is 5.91 Å². The van der Waals surface area contributed by atoms with Crippen molar-refractivity contribution in [3.63, 3.8) is 0 Å². The van der Waals surface area contributed by atoms with Crippen molar-refractivity contribution in [2.75, 3.05) is 6.54 Å². The monoisotopic (exact) mass is 279 g/mol. The largest absolute Gasteiger partial charge is 0.393 e. The second kappa shape index (κ2) is 6.65. The topological polar surface area (TPSA) is 84.2 Å². The summed E-state index contributed by atoms with van der Waals surface area (Å²) in [5.74, 6) is 0.0618. The Hall–Kier alpha value is -1.69. The van der Waals surface area contributed by atoms with E-state index in [0.717, 1.165) is 25.7 Å². The number of hydrogen-bond acceptors (Lipinski definition) is 4. The smallest absolute Gasteiger partial charge is 0.271 e. The number of hydrogen-bond donors (Lipinski definition) is 2. The Kier molecular flexibility index (Phi) is 4.89. The van der Waals surface area contributed by atoms with Crippen molar-refractivity contribution in [3.8, 4) is 0 Å². The Morgan fingerprint density at radius 3 is 2.95 bits per heavy atom. The number of nitrogens with zero attached hydrogens (tertiary/aromatic N) is 2. The van der Waals surface area contributed by atoms with Crippen LogP contribution in [0.15, 0.2) is 16.9 Å². The van der Waals surface area contributed by atoms with Crippen LogP contribution in [0.3, 0.4) is 0 Å². The summed E-state index contributed by atoms with van der Waals surface area (Å²) in [4.78, 5) is 23.5. The van der Waals surface area contributed by atoms with Gasteiger partial charge >= 0.3 is 0 Å². The number of aliphatic hydroxyl groups excluding tert-OH is 1. The van der Waals surface area contributed by atoms with Gasteiger partial charge in [0.15, 0.2) is 0 Å². The van der Waals surface area contributed by atoms with Crippen LogP contribution in [0.4, 0.5) is 0 Å². The van der Waals surface area contributed by atoms with Crippen molar-refractivity contribution in [1.29, 1.82) is 0 Å². The predicted molar refractivity (Wildman–Crippen MR) is 74.5 cm³/mol. The highest BCUT2D eigenvalue weighted by Gasteiger charge is 2.23. The van der Waals surface area contributed by atoms with E-state index in [4.69, 9.17) is 0 Å². The van der Waals surface area contributed by atoms with Crippen LogP contribution in [0.5, 0.6) is 0 Å². The lowest BCUT2D eigenvalue weighted by Crippen LogP contribution is -2.32. The molecule has 2 rings (SSSR count). The summed E-state index contributed by atoms with van der Waals surface area (Å²) < 4.78 is 1.31. The molecule has 2 N–H and O–H groups in total. The number of amides is 1. The van der Waals surface area contributed by atoms with Gasteiger partial charge in [0.1, 0.15) is 5.69 Å². The van der Waals surface area contributed by atoms with Crippen molar-refractivity contribution in [2.45, 2.75) is 45.3 Å². The third-order valence-corrected chi connectivity index (χ3v) is 3.60. The number of aryl methyl sites for hydroxylation is 1. The molecule has 2 atom stereocenters. The first kappa shape index (κ1) is 14.7. The summed E-state index contributed by atoms with van der Waals surface area (Å²) >= 11 is 0. The van der Waals surface area contributed by atoms with Gasteiger partial charge < -0.3 is 10.4 Å². The van der Waals surface area contributed by atoms with E-state index in [1.54, 1.807) is 0 Å². The summed E-state index contributed by atoms with van der Waals surface area (Å²) in [5, 5.41) is 16.3. The normalized spacial score (nSPS) is 21.9. The molecule has 110 valence electrons. The third kappa shape index (κ3) is 3.66. The second-order valence-electron chi connectivity index (χ2n) is 5.32. The van der Waals surface area contributed by atoms with Gasteiger partial charge in [0.25, 0.3) is 11.5 Å². The zero-order valence-corrected chi connectivity index (χ0v) is 11.7. The molecule has 1 aromatic heterocycles. The van der Waals surface area contributed by atoms with Crippen LogP contribution < -0.4 is 10.9 Å². The lowest BCUT2D eigenvalue weighted by Gasteiger charge is -2.11. The Labute approximate surface area is 117 Å². The predicted octanol–water partition coefficient (Wildman–Crippen LogP) is 0.544. The molecule has 0 aliphatic heterocycles. The fraction of sp³-hybridized carbons (Fsp3) is 0.643. The Morgan fingerprint density at radius 1 is 1.50 bits per heavy atom. The zero-order chi connectivity index (χ0) is 14.5. The number of aliphatic hydroxyl groups is 1. The molecule has 1 aromatic rings. The minimum Gasteiger partial charge on any atom is -0.393 e.